The number of ether oxygens (including phenoxy) is 1. The van der Waals surface area contributed by atoms with Crippen LogP contribution in [-0.2, 0) is 57.1 Å². The summed E-state index contributed by atoms with van der Waals surface area (Å²) in [5.74, 6) is 0.750. The summed E-state index contributed by atoms with van der Waals surface area (Å²) in [4.78, 5) is 16.3. The number of benzene rings is 2. The number of phenolic OH excluding ortho intramolecular Hbond substituents is 1. The average molecular weight is 705 g/mol. The average Bonchev–Trinajstić information content (AvgIpc) is 3.67. The molecule has 5 aromatic rings. The van der Waals surface area contributed by atoms with Gasteiger partial charge in [-0.25, -0.2) is 4.79 Å². The fourth-order valence-corrected chi connectivity index (χ4v) is 8.48. The molecule has 1 aliphatic rings. The second-order valence-corrected chi connectivity index (χ2v) is 14.5. The van der Waals surface area contributed by atoms with E-state index in [1.54, 1.807) is 11.8 Å². The number of phenols is 1. The molecule has 0 bridgehead atoms. The monoisotopic (exact) mass is 704 g/mol. The fourth-order valence-electron chi connectivity index (χ4n) is 7.22. The van der Waals surface area contributed by atoms with Crippen molar-refractivity contribution in [2.45, 2.75) is 76.2 Å². The van der Waals surface area contributed by atoms with Crippen molar-refractivity contribution >= 4 is 40.2 Å². The highest BCUT2D eigenvalue weighted by Crippen LogP contribution is 2.43. The van der Waals surface area contributed by atoms with Crippen molar-refractivity contribution in [2.75, 3.05) is 20.8 Å². The minimum atomic E-state index is -0.425. The number of fused-ring (bicyclic) bond motifs is 2. The minimum Gasteiger partial charge on any atom is -0.508 e. The second kappa shape index (κ2) is 14.6. The van der Waals surface area contributed by atoms with E-state index in [1.165, 1.54) is 19.1 Å². The van der Waals surface area contributed by atoms with Gasteiger partial charge in [0.05, 0.1) is 18.5 Å². The van der Waals surface area contributed by atoms with Gasteiger partial charge >= 0.3 is 5.97 Å². The Morgan fingerprint density at radius 1 is 1.06 bits per heavy atom. The number of carbonyl (C=O) groups is 1. The summed E-state index contributed by atoms with van der Waals surface area (Å²) in [5, 5.41) is 31.4. The first-order valence-corrected chi connectivity index (χ1v) is 18.1. The molecule has 0 atom stereocenters. The minimum absolute atomic E-state index is 0.00770. The van der Waals surface area contributed by atoms with Gasteiger partial charge in [0.15, 0.2) is 0 Å². The van der Waals surface area contributed by atoms with Crippen molar-refractivity contribution in [3.63, 3.8) is 0 Å². The molecular weight excluding hydrogens is 660 g/mol. The predicted molar refractivity (Wildman–Crippen MR) is 194 cm³/mol. The lowest BCUT2D eigenvalue weighted by Gasteiger charge is -2.18. The number of thioether (sulfide) groups is 1. The molecule has 260 valence electrons. The topological polar surface area (TPSA) is 111 Å². The Hall–Kier alpha value is -3.77. The van der Waals surface area contributed by atoms with E-state index < -0.39 is 5.97 Å². The summed E-state index contributed by atoms with van der Waals surface area (Å²) in [6.07, 6.45) is 4.81. The first-order valence-electron chi connectivity index (χ1n) is 16.7. The van der Waals surface area contributed by atoms with Crippen LogP contribution in [0, 0.1) is 13.8 Å². The van der Waals surface area contributed by atoms with Crippen LogP contribution >= 0.6 is 23.4 Å². The van der Waals surface area contributed by atoms with Crippen LogP contribution in [0.25, 0.3) is 22.0 Å². The van der Waals surface area contributed by atoms with E-state index in [2.05, 4.69) is 24.1 Å². The molecule has 0 saturated heterocycles. The summed E-state index contributed by atoms with van der Waals surface area (Å²) in [6.45, 7) is 5.60. The lowest BCUT2D eigenvalue weighted by Crippen LogP contribution is -2.18. The lowest BCUT2D eigenvalue weighted by atomic mass is 9.91. The van der Waals surface area contributed by atoms with Crippen LogP contribution in [0.5, 0.6) is 5.75 Å². The van der Waals surface area contributed by atoms with E-state index in [1.807, 2.05) is 60.1 Å². The highest BCUT2D eigenvalue weighted by atomic mass is 35.5. The highest BCUT2D eigenvalue weighted by Gasteiger charge is 2.28. The molecule has 12 heteroatoms. The van der Waals surface area contributed by atoms with Gasteiger partial charge in [-0.15, -0.1) is 11.8 Å². The molecule has 0 aliphatic heterocycles. The van der Waals surface area contributed by atoms with Gasteiger partial charge in [0.1, 0.15) is 11.4 Å². The Morgan fingerprint density at radius 2 is 1.84 bits per heavy atom. The second-order valence-electron chi connectivity index (χ2n) is 13.0. The molecule has 2 N–H and O–H groups in total. The Kier molecular flexibility index (Phi) is 10.5. The summed E-state index contributed by atoms with van der Waals surface area (Å²) in [7, 11) is 7.35. The van der Waals surface area contributed by atoms with Crippen molar-refractivity contribution < 1.29 is 19.7 Å². The van der Waals surface area contributed by atoms with Crippen LogP contribution in [0.2, 0.25) is 5.02 Å². The molecule has 3 heterocycles. The molecule has 1 aliphatic carbocycles. The molecule has 6 rings (SSSR count). The van der Waals surface area contributed by atoms with Gasteiger partial charge in [-0.2, -0.15) is 10.2 Å². The van der Waals surface area contributed by atoms with Crippen molar-refractivity contribution in [1.82, 2.24) is 29.0 Å². The van der Waals surface area contributed by atoms with Crippen LogP contribution in [0.15, 0.2) is 35.2 Å². The van der Waals surface area contributed by atoms with E-state index >= 15 is 0 Å². The summed E-state index contributed by atoms with van der Waals surface area (Å²) < 4.78 is 10.9. The molecular formula is C37H45ClN6O4S. The van der Waals surface area contributed by atoms with Gasteiger partial charge < -0.3 is 19.5 Å². The van der Waals surface area contributed by atoms with E-state index in [0.717, 1.165) is 85.8 Å². The first kappa shape index (κ1) is 35.1. The number of nitrogens with zero attached hydrogens (tertiary/aromatic N) is 6. The maximum atomic E-state index is 13.0. The Morgan fingerprint density at radius 3 is 2.59 bits per heavy atom. The van der Waals surface area contributed by atoms with Gasteiger partial charge in [-0.05, 0) is 100 Å². The van der Waals surface area contributed by atoms with Crippen molar-refractivity contribution in [1.29, 1.82) is 0 Å². The Bertz CT molecular complexity index is 2030. The Labute approximate surface area is 296 Å². The maximum absolute atomic E-state index is 13.0. The molecule has 3 aromatic heterocycles. The van der Waals surface area contributed by atoms with E-state index in [9.17, 15) is 15.0 Å². The first-order chi connectivity index (χ1) is 23.5. The predicted octanol–water partition coefficient (Wildman–Crippen LogP) is 6.72. The third-order valence-electron chi connectivity index (χ3n) is 9.68. The third-order valence-corrected chi connectivity index (χ3v) is 11.0. The molecule has 0 saturated carbocycles. The SMILES string of the molecule is COC(=O)c1c(C)c2c(-c3c(CN(C)Cc4cc(CSc5cc(O)c6c(c5)CCCC6)n(C)n4)nn(C)c3C)c(Cl)ccc2n1CCCO. The fraction of sp³-hybridized carbons (Fsp3) is 0.432. The molecule has 10 nitrogen and oxygen atoms in total. The molecule has 0 amide bonds. The van der Waals surface area contributed by atoms with E-state index in [4.69, 9.17) is 26.5 Å². The number of aromatic nitrogens is 5. The van der Waals surface area contributed by atoms with E-state index in [-0.39, 0.29) is 6.61 Å². The van der Waals surface area contributed by atoms with Gasteiger partial charge in [-0.3, -0.25) is 14.3 Å². The van der Waals surface area contributed by atoms with Crippen LogP contribution in [0.3, 0.4) is 0 Å². The number of aromatic hydroxyl groups is 1. The number of aryl methyl sites for hydroxylation is 5. The van der Waals surface area contributed by atoms with Crippen molar-refractivity contribution in [3.05, 3.63) is 80.5 Å². The Balaban J connectivity index is 1.26. The normalized spacial score (nSPS) is 13.1. The van der Waals surface area contributed by atoms with Gasteiger partial charge in [0, 0.05) is 89.4 Å². The molecule has 0 spiro atoms. The maximum Gasteiger partial charge on any atom is 0.354 e. The number of aliphatic hydroxyl groups excluding tert-OH is 1. The number of methoxy groups -OCH3 is 1. The number of hydrogen-bond acceptors (Lipinski definition) is 8. The smallest absolute Gasteiger partial charge is 0.354 e. The number of aliphatic hydroxyl groups is 1. The van der Waals surface area contributed by atoms with Crippen LogP contribution < -0.4 is 0 Å². The van der Waals surface area contributed by atoms with Gasteiger partial charge in [0.2, 0.25) is 0 Å². The van der Waals surface area contributed by atoms with Crippen molar-refractivity contribution in [2.24, 2.45) is 14.1 Å². The summed E-state index contributed by atoms with van der Waals surface area (Å²) in [5.41, 5.74) is 10.2. The molecule has 49 heavy (non-hydrogen) atoms. The van der Waals surface area contributed by atoms with Gasteiger partial charge in [-0.1, -0.05) is 11.6 Å². The standard InChI is InChI=1S/C37H45ClN6O4S/c1-22-33-31(44(14-9-15-45)36(22)37(47)48-6)13-12-29(38)35(33)34-23(2)42(4)40-30(34)20-41(3)19-25-17-26(43(5)39-25)21-49-27-16-24-10-7-8-11-28(24)32(46)18-27/h12-13,16-18,45-46H,7-11,14-15,19-21H2,1-6H3. The van der Waals surface area contributed by atoms with Crippen LogP contribution in [0.4, 0.5) is 0 Å². The lowest BCUT2D eigenvalue weighted by molar-refractivity contribution is 0.0587. The number of rotatable bonds is 12. The van der Waals surface area contributed by atoms with E-state index in [0.29, 0.717) is 42.5 Å². The van der Waals surface area contributed by atoms with Gasteiger partial charge in [0.25, 0.3) is 0 Å². The number of carbonyl (C=O) groups excluding carboxylic acids is 1. The molecule has 0 radical (unpaired) electrons. The van der Waals surface area contributed by atoms with Crippen LogP contribution in [0.1, 0.15) is 69.2 Å². The quantitative estimate of drug-likeness (QED) is 0.109. The molecule has 0 unspecified atom stereocenters. The number of halogens is 1. The molecule has 0 fully saturated rings. The zero-order valence-corrected chi connectivity index (χ0v) is 30.7. The number of hydrogen-bond donors (Lipinski definition) is 2. The molecule has 2 aromatic carbocycles. The van der Waals surface area contributed by atoms with Crippen molar-refractivity contribution in [3.8, 4) is 16.9 Å². The highest BCUT2D eigenvalue weighted by molar-refractivity contribution is 7.98. The summed E-state index contributed by atoms with van der Waals surface area (Å²) in [6, 6.07) is 10.1. The zero-order valence-electron chi connectivity index (χ0n) is 29.1. The number of esters is 1. The summed E-state index contributed by atoms with van der Waals surface area (Å²) >= 11 is 8.73. The zero-order chi connectivity index (χ0) is 35.0. The van der Waals surface area contributed by atoms with Crippen LogP contribution in [-0.4, -0.2) is 66.0 Å². The largest absolute Gasteiger partial charge is 0.508 e. The third kappa shape index (κ3) is 6.86.